The van der Waals surface area contributed by atoms with Gasteiger partial charge in [-0.25, -0.2) is 0 Å². The lowest BCUT2D eigenvalue weighted by Gasteiger charge is -2.32. The van der Waals surface area contributed by atoms with E-state index in [0.29, 0.717) is 13.2 Å². The number of carbonyl (C=O) groups excluding carboxylic acids is 1. The van der Waals surface area contributed by atoms with Crippen LogP contribution in [-0.2, 0) is 11.3 Å². The van der Waals surface area contributed by atoms with Crippen molar-refractivity contribution >= 4 is 16.9 Å². The van der Waals surface area contributed by atoms with Crippen LogP contribution in [0.4, 0.5) is 0 Å². The van der Waals surface area contributed by atoms with Crippen molar-refractivity contribution in [3.8, 4) is 5.75 Å². The average Bonchev–Trinajstić information content (AvgIpc) is 3.34. The molecule has 0 unspecified atom stereocenters. The number of aryl methyl sites for hydroxylation is 1. The lowest BCUT2D eigenvalue weighted by molar-refractivity contribution is -0.132. The van der Waals surface area contributed by atoms with Gasteiger partial charge in [-0.2, -0.15) is 0 Å². The highest BCUT2D eigenvalue weighted by Gasteiger charge is 2.58. The second kappa shape index (κ2) is 8.62. The molecule has 1 atom stereocenters. The van der Waals surface area contributed by atoms with Crippen molar-refractivity contribution in [3.63, 3.8) is 0 Å². The van der Waals surface area contributed by atoms with Crippen LogP contribution >= 0.6 is 0 Å². The first-order valence-corrected chi connectivity index (χ1v) is 11.7. The second-order valence-electron chi connectivity index (χ2n) is 9.57. The fourth-order valence-electron chi connectivity index (χ4n) is 5.05. The van der Waals surface area contributed by atoms with Crippen LogP contribution in [-0.4, -0.2) is 49.0 Å². The zero-order chi connectivity index (χ0) is 22.1. The van der Waals surface area contributed by atoms with Gasteiger partial charge < -0.3 is 14.1 Å². The van der Waals surface area contributed by atoms with E-state index in [1.807, 2.05) is 54.4 Å². The van der Waals surface area contributed by atoms with Crippen molar-refractivity contribution in [2.75, 3.05) is 33.3 Å². The molecule has 1 amide bonds. The van der Waals surface area contributed by atoms with E-state index in [9.17, 15) is 4.79 Å². The van der Waals surface area contributed by atoms with Gasteiger partial charge in [0.15, 0.2) is 0 Å². The molecule has 5 nitrogen and oxygen atoms in total. The van der Waals surface area contributed by atoms with E-state index in [1.54, 1.807) is 0 Å². The lowest BCUT2D eigenvalue weighted by Crippen LogP contribution is -2.38. The van der Waals surface area contributed by atoms with Gasteiger partial charge in [-0.3, -0.25) is 9.69 Å². The summed E-state index contributed by atoms with van der Waals surface area (Å²) in [7, 11) is 1.91. The third-order valence-corrected chi connectivity index (χ3v) is 7.29. The maximum absolute atomic E-state index is 13.0. The predicted molar refractivity (Wildman–Crippen MR) is 126 cm³/mol. The Balaban J connectivity index is 1.07. The summed E-state index contributed by atoms with van der Waals surface area (Å²) in [6.07, 6.45) is 3.22. The number of furan rings is 1. The van der Waals surface area contributed by atoms with Crippen LogP contribution in [0.5, 0.6) is 5.75 Å². The van der Waals surface area contributed by atoms with Gasteiger partial charge in [0.05, 0.1) is 13.1 Å². The number of fused-ring (bicyclic) bond motifs is 1. The predicted octanol–water partition coefficient (Wildman–Crippen LogP) is 4.88. The fraction of sp³-hybridized carbons (Fsp3) is 0.444. The van der Waals surface area contributed by atoms with Gasteiger partial charge in [0.2, 0.25) is 5.91 Å². The van der Waals surface area contributed by atoms with Crippen LogP contribution in [0, 0.1) is 18.3 Å². The molecule has 3 aromatic rings. The smallest absolute Gasteiger partial charge is 0.226 e. The molecule has 1 saturated heterocycles. The molecule has 2 aliphatic rings. The van der Waals surface area contributed by atoms with E-state index in [4.69, 9.17) is 9.15 Å². The molecular weight excluding hydrogens is 400 g/mol. The highest BCUT2D eigenvalue weighted by Crippen LogP contribution is 2.60. The summed E-state index contributed by atoms with van der Waals surface area (Å²) in [5.74, 6) is 2.35. The summed E-state index contributed by atoms with van der Waals surface area (Å²) in [6, 6.07) is 18.4. The monoisotopic (exact) mass is 432 g/mol. The molecule has 2 heterocycles. The van der Waals surface area contributed by atoms with Crippen LogP contribution < -0.4 is 4.74 Å². The first-order chi connectivity index (χ1) is 15.5. The highest BCUT2D eigenvalue weighted by molar-refractivity contribution is 5.82. The minimum Gasteiger partial charge on any atom is -0.492 e. The maximum Gasteiger partial charge on any atom is 0.226 e. The van der Waals surface area contributed by atoms with Gasteiger partial charge in [0.25, 0.3) is 0 Å². The quantitative estimate of drug-likeness (QED) is 0.534. The zero-order valence-electron chi connectivity index (χ0n) is 19.0. The van der Waals surface area contributed by atoms with Gasteiger partial charge in [-0.05, 0) is 69.0 Å². The number of amides is 1. The number of likely N-dealkylation sites (tertiary alicyclic amines) is 1. The molecule has 0 N–H and O–H groups in total. The topological polar surface area (TPSA) is 45.9 Å². The van der Waals surface area contributed by atoms with Crippen LogP contribution in [0.2, 0.25) is 0 Å². The lowest BCUT2D eigenvalue weighted by atomic mass is 9.90. The normalized spacial score (nSPS) is 19.9. The van der Waals surface area contributed by atoms with Crippen LogP contribution in [0.1, 0.15) is 30.6 Å². The van der Waals surface area contributed by atoms with Gasteiger partial charge in [0, 0.05) is 18.4 Å². The molecule has 0 radical (unpaired) electrons. The standard InChI is InChI=1S/C27H32N2O3/c1-20-7-9-22(10-8-20)31-16-15-28(2)26(30)24-18-27(24)11-13-29(14-12-27)19-23-17-21-5-3-4-6-25(21)32-23/h3-10,17,24H,11-16,18-19H2,1-2H3/t24-/m1/s1. The number of para-hydroxylation sites is 1. The zero-order valence-corrected chi connectivity index (χ0v) is 19.0. The minimum absolute atomic E-state index is 0.181. The van der Waals surface area contributed by atoms with E-state index in [1.165, 1.54) is 10.9 Å². The van der Waals surface area contributed by atoms with Crippen molar-refractivity contribution in [2.24, 2.45) is 11.3 Å². The number of likely N-dealkylation sites (N-methyl/N-ethyl adjacent to an activating group) is 1. The molecule has 2 fully saturated rings. The summed E-state index contributed by atoms with van der Waals surface area (Å²) in [5, 5.41) is 1.17. The minimum atomic E-state index is 0.181. The number of piperidine rings is 1. The Bertz CT molecular complexity index is 1050. The Morgan fingerprint density at radius 2 is 1.91 bits per heavy atom. The van der Waals surface area contributed by atoms with Crippen molar-refractivity contribution < 1.29 is 13.9 Å². The Labute approximate surface area is 189 Å². The Kier molecular flexibility index (Phi) is 5.68. The highest BCUT2D eigenvalue weighted by atomic mass is 16.5. The third kappa shape index (κ3) is 4.40. The molecule has 1 aliphatic heterocycles. The molecule has 1 aromatic heterocycles. The van der Waals surface area contributed by atoms with E-state index < -0.39 is 0 Å². The van der Waals surface area contributed by atoms with E-state index in [2.05, 4.69) is 24.0 Å². The summed E-state index contributed by atoms with van der Waals surface area (Å²) in [4.78, 5) is 17.3. The molecule has 168 valence electrons. The maximum atomic E-state index is 13.0. The number of hydrogen-bond acceptors (Lipinski definition) is 4. The van der Waals surface area contributed by atoms with Crippen molar-refractivity contribution in [1.82, 2.24) is 9.80 Å². The number of rotatable bonds is 7. The summed E-state index contributed by atoms with van der Waals surface area (Å²) in [5.41, 5.74) is 2.39. The Morgan fingerprint density at radius 3 is 2.66 bits per heavy atom. The van der Waals surface area contributed by atoms with Gasteiger partial charge in [-0.15, -0.1) is 0 Å². The molecule has 5 rings (SSSR count). The summed E-state index contributed by atoms with van der Waals surface area (Å²) >= 11 is 0. The van der Waals surface area contributed by atoms with Gasteiger partial charge in [-0.1, -0.05) is 35.9 Å². The number of benzene rings is 2. The summed E-state index contributed by atoms with van der Waals surface area (Å²) in [6.45, 7) is 6.11. The van der Waals surface area contributed by atoms with Crippen LogP contribution in [0.25, 0.3) is 11.0 Å². The number of hydrogen-bond donors (Lipinski definition) is 0. The first-order valence-electron chi connectivity index (χ1n) is 11.7. The SMILES string of the molecule is Cc1ccc(OCCN(C)C(=O)[C@H]2CC23CCN(Cc2cc4ccccc4o2)CC3)cc1. The molecule has 0 bridgehead atoms. The number of carbonyl (C=O) groups is 1. The largest absolute Gasteiger partial charge is 0.492 e. The molecule has 5 heteroatoms. The van der Waals surface area contributed by atoms with Gasteiger partial charge in [0.1, 0.15) is 23.7 Å². The molecule has 1 spiro atoms. The van der Waals surface area contributed by atoms with E-state index >= 15 is 0 Å². The second-order valence-corrected chi connectivity index (χ2v) is 9.57. The van der Waals surface area contributed by atoms with Crippen LogP contribution in [0.15, 0.2) is 59.0 Å². The molecule has 32 heavy (non-hydrogen) atoms. The Hall–Kier alpha value is -2.79. The van der Waals surface area contributed by atoms with Gasteiger partial charge >= 0.3 is 0 Å². The van der Waals surface area contributed by atoms with Crippen LogP contribution in [0.3, 0.4) is 0 Å². The first kappa shape index (κ1) is 21.1. The summed E-state index contributed by atoms with van der Waals surface area (Å²) < 4.78 is 11.8. The fourth-order valence-corrected chi connectivity index (χ4v) is 5.05. The molecule has 1 aliphatic carbocycles. The Morgan fingerprint density at radius 1 is 1.16 bits per heavy atom. The molecular formula is C27H32N2O3. The van der Waals surface area contributed by atoms with E-state index in [0.717, 1.165) is 56.0 Å². The number of nitrogens with zero attached hydrogens (tertiary/aromatic N) is 2. The van der Waals surface area contributed by atoms with Crippen molar-refractivity contribution in [3.05, 3.63) is 65.9 Å². The third-order valence-electron chi connectivity index (χ3n) is 7.29. The number of ether oxygens (including phenoxy) is 1. The van der Waals surface area contributed by atoms with E-state index in [-0.39, 0.29) is 17.2 Å². The average molecular weight is 433 g/mol. The van der Waals surface area contributed by atoms with Crippen molar-refractivity contribution in [1.29, 1.82) is 0 Å². The molecule has 2 aromatic carbocycles. The van der Waals surface area contributed by atoms with Crippen molar-refractivity contribution in [2.45, 2.75) is 32.7 Å². The molecule has 1 saturated carbocycles.